The Morgan fingerprint density at radius 3 is 2.08 bits per heavy atom. The fourth-order valence-electron chi connectivity index (χ4n) is 2.76. The number of carbonyl (C=O) groups excluding carboxylic acids is 4. The van der Waals surface area contributed by atoms with Gasteiger partial charge in [-0.3, -0.25) is 15.0 Å². The van der Waals surface area contributed by atoms with Crippen molar-refractivity contribution in [2.75, 3.05) is 13.1 Å². The highest BCUT2D eigenvalue weighted by atomic mass is 16.6. The maximum atomic E-state index is 12.8. The minimum Gasteiger partial charge on any atom is -0.481 e. The molecule has 1 aromatic carbocycles. The number of nitrogens with one attached hydrogen (secondary N) is 3. The van der Waals surface area contributed by atoms with Crippen molar-refractivity contribution in [3.63, 3.8) is 0 Å². The molecule has 13 heteroatoms. The molecule has 0 saturated heterocycles. The molecule has 0 unspecified atom stereocenters. The van der Waals surface area contributed by atoms with Crippen LogP contribution in [-0.2, 0) is 30.4 Å². The number of hydrogen-bond acceptors (Lipinski definition) is 8. The van der Waals surface area contributed by atoms with Gasteiger partial charge in [-0.25, -0.2) is 19.4 Å². The lowest BCUT2D eigenvalue weighted by atomic mass is 10.2. The fourth-order valence-corrected chi connectivity index (χ4v) is 2.76. The average Bonchev–Trinajstić information content (AvgIpc) is 2.77. The van der Waals surface area contributed by atoms with Crippen molar-refractivity contribution in [3.05, 3.63) is 35.9 Å². The topological polar surface area (TPSA) is 173 Å². The molecule has 4 N–H and O–H groups in total. The van der Waals surface area contributed by atoms with Crippen molar-refractivity contribution in [2.24, 2.45) is 0 Å². The van der Waals surface area contributed by atoms with Crippen molar-refractivity contribution in [1.29, 1.82) is 0 Å². The summed E-state index contributed by atoms with van der Waals surface area (Å²) in [5.74, 6) is -2.33. The number of hydrogen-bond donors (Lipinski definition) is 4. The second-order valence-electron chi connectivity index (χ2n) is 10.2. The van der Waals surface area contributed by atoms with Crippen molar-refractivity contribution in [3.8, 4) is 0 Å². The molecule has 0 aliphatic carbocycles. The zero-order valence-corrected chi connectivity index (χ0v) is 22.7. The van der Waals surface area contributed by atoms with Crippen LogP contribution in [0.5, 0.6) is 0 Å². The van der Waals surface area contributed by atoms with Gasteiger partial charge in [0, 0.05) is 13.1 Å². The molecule has 0 saturated carbocycles. The van der Waals surface area contributed by atoms with E-state index in [9.17, 15) is 29.1 Å². The first-order valence-corrected chi connectivity index (χ1v) is 12.0. The maximum absolute atomic E-state index is 12.8. The molecule has 1 aromatic rings. The lowest BCUT2D eigenvalue weighted by Crippen LogP contribution is -2.56. The Bertz CT molecular complexity index is 956. The number of nitrogens with zero attached hydrogens (tertiary/aromatic N) is 1. The molecule has 1 atom stereocenters. The molecule has 0 radical (unpaired) electrons. The van der Waals surface area contributed by atoms with Crippen LogP contribution in [-0.4, -0.2) is 70.6 Å². The van der Waals surface area contributed by atoms with E-state index in [1.165, 1.54) is 0 Å². The van der Waals surface area contributed by atoms with Crippen LogP contribution in [0.25, 0.3) is 0 Å². The number of benzene rings is 1. The first-order valence-electron chi connectivity index (χ1n) is 12.0. The zero-order chi connectivity index (χ0) is 28.9. The molecule has 4 amide bonds. The summed E-state index contributed by atoms with van der Waals surface area (Å²) in [6, 6.07) is 7.56. The SMILES string of the molecule is CC(C)(C)OC(=O)N[C@@H](CC(=O)O)C(=O)NN(CCCNC(=O)OCc1ccccc1)C(=O)OC(C)(C)C. The molecule has 13 nitrogen and oxygen atoms in total. The predicted molar refractivity (Wildman–Crippen MR) is 136 cm³/mol. The number of rotatable bonds is 10. The summed E-state index contributed by atoms with van der Waals surface area (Å²) in [6.45, 7) is 9.79. The maximum Gasteiger partial charge on any atom is 0.429 e. The van der Waals surface area contributed by atoms with Crippen LogP contribution >= 0.6 is 0 Å². The minimum absolute atomic E-state index is 0.0857. The highest BCUT2D eigenvalue weighted by Gasteiger charge is 2.30. The van der Waals surface area contributed by atoms with Gasteiger partial charge in [-0.2, -0.15) is 0 Å². The average molecular weight is 539 g/mol. The summed E-state index contributed by atoms with van der Waals surface area (Å²) in [5, 5.41) is 14.8. The van der Waals surface area contributed by atoms with E-state index in [0.29, 0.717) is 0 Å². The third-order valence-corrected chi connectivity index (χ3v) is 4.29. The highest BCUT2D eigenvalue weighted by molar-refractivity contribution is 5.90. The first-order chi connectivity index (χ1) is 17.6. The van der Waals surface area contributed by atoms with Crippen molar-refractivity contribution < 1.29 is 43.3 Å². The molecule has 1 rings (SSSR count). The van der Waals surface area contributed by atoms with E-state index in [0.717, 1.165) is 10.6 Å². The number of amides is 4. The lowest BCUT2D eigenvalue weighted by molar-refractivity contribution is -0.140. The summed E-state index contributed by atoms with van der Waals surface area (Å²) in [4.78, 5) is 60.9. The van der Waals surface area contributed by atoms with Gasteiger partial charge in [0.05, 0.1) is 6.42 Å². The molecule has 212 valence electrons. The normalized spacial score (nSPS) is 11.9. The van der Waals surface area contributed by atoms with Gasteiger partial charge in [0.15, 0.2) is 0 Å². The smallest absolute Gasteiger partial charge is 0.429 e. The van der Waals surface area contributed by atoms with Gasteiger partial charge in [-0.05, 0) is 53.5 Å². The number of ether oxygens (including phenoxy) is 3. The third kappa shape index (κ3) is 14.5. The number of hydrazine groups is 1. The highest BCUT2D eigenvalue weighted by Crippen LogP contribution is 2.10. The molecule has 0 fully saturated rings. The minimum atomic E-state index is -1.54. The zero-order valence-electron chi connectivity index (χ0n) is 22.7. The number of carboxylic acids is 1. The molecule has 0 aliphatic rings. The van der Waals surface area contributed by atoms with Crippen molar-refractivity contribution in [2.45, 2.75) is 78.2 Å². The van der Waals surface area contributed by atoms with E-state index in [2.05, 4.69) is 16.1 Å². The first kappa shape index (κ1) is 32.0. The molecule has 0 spiro atoms. The summed E-state index contributed by atoms with van der Waals surface area (Å²) in [6.07, 6.45) is -3.15. The monoisotopic (exact) mass is 538 g/mol. The van der Waals surface area contributed by atoms with Gasteiger partial charge in [0.2, 0.25) is 0 Å². The summed E-state index contributed by atoms with van der Waals surface area (Å²) in [5.41, 5.74) is 1.33. The number of aliphatic carboxylic acids is 1. The Hall–Kier alpha value is -4.03. The third-order valence-electron chi connectivity index (χ3n) is 4.29. The number of carboxylic acid groups (broad SMARTS) is 1. The molecule has 0 aliphatic heterocycles. The van der Waals surface area contributed by atoms with E-state index < -0.39 is 53.8 Å². The van der Waals surface area contributed by atoms with Crippen molar-refractivity contribution >= 4 is 30.2 Å². The summed E-state index contributed by atoms with van der Waals surface area (Å²) >= 11 is 0. The van der Waals surface area contributed by atoms with Gasteiger partial charge in [-0.15, -0.1) is 0 Å². The second-order valence-corrected chi connectivity index (χ2v) is 10.2. The number of alkyl carbamates (subject to hydrolysis) is 2. The molecular formula is C25H38N4O9. The molecule has 0 heterocycles. The largest absolute Gasteiger partial charge is 0.481 e. The van der Waals surface area contributed by atoms with Gasteiger partial charge in [0.25, 0.3) is 5.91 Å². The van der Waals surface area contributed by atoms with E-state index in [-0.39, 0.29) is 26.1 Å². The van der Waals surface area contributed by atoms with Crippen LogP contribution in [0.4, 0.5) is 14.4 Å². The van der Waals surface area contributed by atoms with E-state index in [1.54, 1.807) is 41.5 Å². The standard InChI is InChI=1S/C25H38N4O9/c1-24(2,3)37-22(34)27-18(15-19(30)31)20(32)28-29(23(35)38-25(4,5)6)14-10-13-26-21(33)36-16-17-11-8-7-9-12-17/h7-9,11-12,18H,10,13-16H2,1-6H3,(H,26,33)(H,27,34)(H,28,32)(H,30,31)/t18-/m0/s1. The number of carbonyl (C=O) groups is 5. The quantitative estimate of drug-likeness (QED) is 0.198. The van der Waals surface area contributed by atoms with Crippen LogP contribution in [0, 0.1) is 0 Å². The van der Waals surface area contributed by atoms with Crippen molar-refractivity contribution in [1.82, 2.24) is 21.1 Å². The molecule has 0 bridgehead atoms. The summed E-state index contributed by atoms with van der Waals surface area (Å²) in [7, 11) is 0. The second kappa shape index (κ2) is 14.6. The van der Waals surface area contributed by atoms with Crippen LogP contribution in [0.2, 0.25) is 0 Å². The fraction of sp³-hybridized carbons (Fsp3) is 0.560. The Balaban J connectivity index is 2.76. The molecular weight excluding hydrogens is 500 g/mol. The summed E-state index contributed by atoms with van der Waals surface area (Å²) < 4.78 is 15.5. The van der Waals surface area contributed by atoms with Gasteiger partial charge < -0.3 is 30.0 Å². The van der Waals surface area contributed by atoms with E-state index >= 15 is 0 Å². The Morgan fingerprint density at radius 2 is 1.53 bits per heavy atom. The van der Waals surface area contributed by atoms with Gasteiger partial charge in [0.1, 0.15) is 23.9 Å². The van der Waals surface area contributed by atoms with Crippen LogP contribution in [0.1, 0.15) is 59.9 Å². The molecule has 0 aromatic heterocycles. The Kier molecular flexibility index (Phi) is 12.3. The van der Waals surface area contributed by atoms with E-state index in [1.807, 2.05) is 30.3 Å². The Morgan fingerprint density at radius 1 is 0.921 bits per heavy atom. The predicted octanol–water partition coefficient (Wildman–Crippen LogP) is 2.94. The van der Waals surface area contributed by atoms with Crippen LogP contribution in [0.3, 0.4) is 0 Å². The van der Waals surface area contributed by atoms with E-state index in [4.69, 9.17) is 14.2 Å². The lowest BCUT2D eigenvalue weighted by Gasteiger charge is -2.29. The van der Waals surface area contributed by atoms with Gasteiger partial charge >= 0.3 is 24.2 Å². The van der Waals surface area contributed by atoms with Crippen LogP contribution in [0.15, 0.2) is 30.3 Å². The van der Waals surface area contributed by atoms with Gasteiger partial charge in [-0.1, -0.05) is 30.3 Å². The molecule has 38 heavy (non-hydrogen) atoms. The van der Waals surface area contributed by atoms with Crippen LogP contribution < -0.4 is 16.1 Å². The Labute approximate surface area is 222 Å².